The lowest BCUT2D eigenvalue weighted by atomic mass is 10.1. The van der Waals surface area contributed by atoms with E-state index in [9.17, 15) is 9.59 Å². The summed E-state index contributed by atoms with van der Waals surface area (Å²) in [6.07, 6.45) is 2.34. The number of aromatic nitrogens is 2. The van der Waals surface area contributed by atoms with Gasteiger partial charge in [0.1, 0.15) is 0 Å². The number of pyridine rings is 1. The molecule has 0 aliphatic rings. The van der Waals surface area contributed by atoms with Gasteiger partial charge in [0.05, 0.1) is 11.3 Å². The Balaban J connectivity index is 1.62. The van der Waals surface area contributed by atoms with Crippen LogP contribution in [0.1, 0.15) is 28.5 Å². The first-order chi connectivity index (χ1) is 13.0. The molecule has 6 nitrogen and oxygen atoms in total. The molecule has 0 aliphatic carbocycles. The fourth-order valence-corrected chi connectivity index (χ4v) is 3.17. The molecular formula is C20H20N4O2S. The number of aryl methyl sites for hydroxylation is 1. The summed E-state index contributed by atoms with van der Waals surface area (Å²) in [5, 5.41) is 8.05. The molecule has 3 aromatic rings. The fraction of sp³-hybridized carbons (Fsp3) is 0.200. The summed E-state index contributed by atoms with van der Waals surface area (Å²) in [5.41, 5.74) is 4.30. The van der Waals surface area contributed by atoms with Gasteiger partial charge in [-0.1, -0.05) is 24.3 Å². The fourth-order valence-electron chi connectivity index (χ4n) is 2.46. The average Bonchev–Trinajstić information content (AvgIpc) is 3.11. The number of rotatable bonds is 6. The molecule has 0 saturated carbocycles. The van der Waals surface area contributed by atoms with Crippen molar-refractivity contribution in [2.75, 3.05) is 11.9 Å². The van der Waals surface area contributed by atoms with Crippen molar-refractivity contribution >= 4 is 28.3 Å². The Morgan fingerprint density at radius 2 is 1.89 bits per heavy atom. The Kier molecular flexibility index (Phi) is 5.93. The van der Waals surface area contributed by atoms with Crippen LogP contribution in [-0.4, -0.2) is 28.3 Å². The largest absolute Gasteiger partial charge is 0.356 e. The second-order valence-electron chi connectivity index (χ2n) is 6.11. The van der Waals surface area contributed by atoms with Crippen molar-refractivity contribution in [2.24, 2.45) is 0 Å². The summed E-state index contributed by atoms with van der Waals surface area (Å²) in [6.45, 7) is 4.01. The molecule has 27 heavy (non-hydrogen) atoms. The van der Waals surface area contributed by atoms with E-state index in [0.717, 1.165) is 28.9 Å². The number of nitrogens with zero attached hydrogens (tertiary/aromatic N) is 2. The zero-order chi connectivity index (χ0) is 19.2. The maximum absolute atomic E-state index is 12.2. The van der Waals surface area contributed by atoms with Gasteiger partial charge in [0.25, 0.3) is 5.91 Å². The van der Waals surface area contributed by atoms with E-state index < -0.39 is 0 Å². The molecule has 0 fully saturated rings. The van der Waals surface area contributed by atoms with Crippen LogP contribution in [0.4, 0.5) is 5.13 Å². The minimum atomic E-state index is -0.225. The zero-order valence-corrected chi connectivity index (χ0v) is 16.0. The van der Waals surface area contributed by atoms with Crippen molar-refractivity contribution in [3.05, 3.63) is 64.8 Å². The van der Waals surface area contributed by atoms with Crippen LogP contribution in [0.5, 0.6) is 0 Å². The van der Waals surface area contributed by atoms with Crippen LogP contribution in [0.3, 0.4) is 0 Å². The van der Waals surface area contributed by atoms with E-state index in [4.69, 9.17) is 0 Å². The van der Waals surface area contributed by atoms with Crippen LogP contribution in [0, 0.1) is 6.92 Å². The number of anilines is 1. The standard InChI is InChI=1S/C20H20N4O2S/c1-13-3-6-17(11-22-13)19(26)24-20-23-18(12-27-20)16-7-4-15(5-8-16)9-10-21-14(2)25/h3-8,11-12H,9-10H2,1-2H3,(H,21,25)(H,23,24,26). The summed E-state index contributed by atoms with van der Waals surface area (Å²) in [7, 11) is 0. The number of nitrogens with one attached hydrogen (secondary N) is 2. The lowest BCUT2D eigenvalue weighted by molar-refractivity contribution is -0.118. The summed E-state index contributed by atoms with van der Waals surface area (Å²) in [4.78, 5) is 31.8. The first kappa shape index (κ1) is 18.7. The van der Waals surface area contributed by atoms with E-state index in [1.54, 1.807) is 18.3 Å². The number of amides is 2. The Bertz CT molecular complexity index is 933. The van der Waals surface area contributed by atoms with Gasteiger partial charge >= 0.3 is 0 Å². The minimum Gasteiger partial charge on any atom is -0.356 e. The summed E-state index contributed by atoms with van der Waals surface area (Å²) < 4.78 is 0. The first-order valence-corrected chi connectivity index (χ1v) is 9.42. The molecule has 2 heterocycles. The SMILES string of the molecule is CC(=O)NCCc1ccc(-c2csc(NC(=O)c3ccc(C)nc3)n2)cc1. The lowest BCUT2D eigenvalue weighted by Crippen LogP contribution is -2.22. The van der Waals surface area contributed by atoms with Gasteiger partial charge in [0.15, 0.2) is 5.13 Å². The van der Waals surface area contributed by atoms with E-state index in [0.29, 0.717) is 17.2 Å². The van der Waals surface area contributed by atoms with Crippen molar-refractivity contribution in [3.63, 3.8) is 0 Å². The van der Waals surface area contributed by atoms with Gasteiger partial charge in [0, 0.05) is 36.3 Å². The van der Waals surface area contributed by atoms with Crippen LogP contribution < -0.4 is 10.6 Å². The predicted octanol–water partition coefficient (Wildman–Crippen LogP) is 3.44. The van der Waals surface area contributed by atoms with E-state index in [2.05, 4.69) is 20.6 Å². The van der Waals surface area contributed by atoms with Crippen LogP contribution in [0.2, 0.25) is 0 Å². The maximum Gasteiger partial charge on any atom is 0.259 e. The number of thiazole rings is 1. The molecule has 2 amide bonds. The van der Waals surface area contributed by atoms with Gasteiger partial charge in [-0.2, -0.15) is 0 Å². The van der Waals surface area contributed by atoms with Gasteiger partial charge in [-0.25, -0.2) is 4.98 Å². The molecule has 0 spiro atoms. The Morgan fingerprint density at radius 1 is 1.11 bits per heavy atom. The predicted molar refractivity (Wildman–Crippen MR) is 107 cm³/mol. The molecule has 1 aromatic carbocycles. The van der Waals surface area contributed by atoms with Crippen LogP contribution in [0.25, 0.3) is 11.3 Å². The van der Waals surface area contributed by atoms with Crippen molar-refractivity contribution in [1.29, 1.82) is 0 Å². The smallest absolute Gasteiger partial charge is 0.259 e. The lowest BCUT2D eigenvalue weighted by Gasteiger charge is -2.04. The number of benzene rings is 1. The Morgan fingerprint density at radius 3 is 2.56 bits per heavy atom. The molecule has 0 radical (unpaired) electrons. The highest BCUT2D eigenvalue weighted by Crippen LogP contribution is 2.25. The number of hydrogen-bond donors (Lipinski definition) is 2. The molecule has 2 aromatic heterocycles. The van der Waals surface area contributed by atoms with Gasteiger partial charge < -0.3 is 5.32 Å². The second-order valence-corrected chi connectivity index (χ2v) is 6.97. The third kappa shape index (κ3) is 5.21. The molecular weight excluding hydrogens is 360 g/mol. The van der Waals surface area contributed by atoms with Crippen molar-refractivity contribution in [1.82, 2.24) is 15.3 Å². The number of carbonyl (C=O) groups is 2. The molecule has 0 bridgehead atoms. The van der Waals surface area contributed by atoms with Gasteiger partial charge in [-0.3, -0.25) is 19.9 Å². The third-order valence-corrected chi connectivity index (χ3v) is 4.69. The highest BCUT2D eigenvalue weighted by atomic mass is 32.1. The molecule has 0 aliphatic heterocycles. The quantitative estimate of drug-likeness (QED) is 0.686. The monoisotopic (exact) mass is 380 g/mol. The normalized spacial score (nSPS) is 10.4. The molecule has 0 unspecified atom stereocenters. The van der Waals surface area contributed by atoms with Crippen molar-refractivity contribution in [3.8, 4) is 11.3 Å². The molecule has 2 N–H and O–H groups in total. The Hall–Kier alpha value is -3.06. The van der Waals surface area contributed by atoms with E-state index in [-0.39, 0.29) is 11.8 Å². The van der Waals surface area contributed by atoms with Gasteiger partial charge in [0.2, 0.25) is 5.91 Å². The first-order valence-electron chi connectivity index (χ1n) is 8.54. The Labute approximate surface area is 161 Å². The molecule has 138 valence electrons. The van der Waals surface area contributed by atoms with E-state index in [1.165, 1.54) is 18.3 Å². The molecule has 7 heteroatoms. The van der Waals surface area contributed by atoms with Crippen LogP contribution in [-0.2, 0) is 11.2 Å². The highest BCUT2D eigenvalue weighted by molar-refractivity contribution is 7.14. The summed E-state index contributed by atoms with van der Waals surface area (Å²) >= 11 is 1.38. The van der Waals surface area contributed by atoms with Crippen molar-refractivity contribution in [2.45, 2.75) is 20.3 Å². The second kappa shape index (κ2) is 8.55. The van der Waals surface area contributed by atoms with E-state index in [1.807, 2.05) is 36.6 Å². The maximum atomic E-state index is 12.2. The molecule has 0 saturated heterocycles. The number of hydrogen-bond acceptors (Lipinski definition) is 5. The van der Waals surface area contributed by atoms with E-state index >= 15 is 0 Å². The molecule has 0 atom stereocenters. The van der Waals surface area contributed by atoms with Crippen LogP contribution >= 0.6 is 11.3 Å². The van der Waals surface area contributed by atoms with Gasteiger partial charge in [-0.05, 0) is 31.0 Å². The topological polar surface area (TPSA) is 84.0 Å². The van der Waals surface area contributed by atoms with Crippen LogP contribution in [0.15, 0.2) is 48.0 Å². The third-order valence-electron chi connectivity index (χ3n) is 3.94. The highest BCUT2D eigenvalue weighted by Gasteiger charge is 2.10. The average molecular weight is 380 g/mol. The van der Waals surface area contributed by atoms with Gasteiger partial charge in [-0.15, -0.1) is 11.3 Å². The number of carbonyl (C=O) groups excluding carboxylic acids is 2. The molecule has 3 rings (SSSR count). The minimum absolute atomic E-state index is 0.0231. The van der Waals surface area contributed by atoms with Crippen molar-refractivity contribution < 1.29 is 9.59 Å². The zero-order valence-electron chi connectivity index (χ0n) is 15.2. The summed E-state index contributed by atoms with van der Waals surface area (Å²) in [5.74, 6) is -0.248. The summed E-state index contributed by atoms with van der Waals surface area (Å²) in [6, 6.07) is 11.6.